The summed E-state index contributed by atoms with van der Waals surface area (Å²) in [7, 11) is 0. The molecule has 3 heteroatoms. The average Bonchev–Trinajstić information content (AvgIpc) is 2.25. The minimum atomic E-state index is 0.598. The number of aromatic nitrogens is 1. The third kappa shape index (κ3) is 2.76. The van der Waals surface area contributed by atoms with Crippen molar-refractivity contribution < 1.29 is 0 Å². The van der Waals surface area contributed by atoms with Crippen LogP contribution in [0.25, 0.3) is 0 Å². The maximum absolute atomic E-state index is 4.45. The Kier molecular flexibility index (Phi) is 3.85. The Morgan fingerprint density at radius 3 is 2.81 bits per heavy atom. The first-order valence-electron chi connectivity index (χ1n) is 6.05. The van der Waals surface area contributed by atoms with Gasteiger partial charge in [-0.1, -0.05) is 19.8 Å². The molecule has 1 heterocycles. The molecule has 1 saturated carbocycles. The topological polar surface area (TPSA) is 24.9 Å². The minimum Gasteiger partial charge on any atom is -0.367 e. The molecule has 1 aliphatic rings. The summed E-state index contributed by atoms with van der Waals surface area (Å²) in [5.74, 6) is 1.81. The molecule has 0 aromatic carbocycles. The number of hydrogen-bond donors (Lipinski definition) is 1. The molecule has 1 aromatic rings. The summed E-state index contributed by atoms with van der Waals surface area (Å²) in [5, 5.41) is 3.59. The molecule has 0 amide bonds. The molecule has 0 bridgehead atoms. The second kappa shape index (κ2) is 5.17. The Morgan fingerprint density at radius 2 is 2.12 bits per heavy atom. The van der Waals surface area contributed by atoms with Gasteiger partial charge < -0.3 is 5.32 Å². The Bertz CT molecular complexity index is 365. The Labute approximate surface area is 106 Å². The van der Waals surface area contributed by atoms with Gasteiger partial charge in [0.2, 0.25) is 0 Å². The third-order valence-electron chi connectivity index (χ3n) is 3.48. The molecule has 1 aliphatic carbocycles. The maximum atomic E-state index is 4.45. The van der Waals surface area contributed by atoms with Crippen LogP contribution in [0.5, 0.6) is 0 Å². The van der Waals surface area contributed by atoms with Crippen molar-refractivity contribution in [2.45, 2.75) is 45.6 Å². The van der Waals surface area contributed by atoms with Crippen molar-refractivity contribution in [2.24, 2.45) is 5.92 Å². The fourth-order valence-electron chi connectivity index (χ4n) is 2.40. The zero-order chi connectivity index (χ0) is 11.5. The molecule has 0 radical (unpaired) electrons. The van der Waals surface area contributed by atoms with Crippen LogP contribution >= 0.6 is 15.9 Å². The van der Waals surface area contributed by atoms with Crippen LogP contribution < -0.4 is 5.32 Å². The molecule has 0 saturated heterocycles. The predicted octanol–water partition coefficient (Wildman–Crippen LogP) is 4.14. The summed E-state index contributed by atoms with van der Waals surface area (Å²) in [4.78, 5) is 4.45. The molecule has 2 atom stereocenters. The summed E-state index contributed by atoms with van der Waals surface area (Å²) in [6.07, 6.45) is 7.21. The molecular weight excluding hydrogens is 264 g/mol. The van der Waals surface area contributed by atoms with E-state index in [0.717, 1.165) is 16.2 Å². The zero-order valence-electron chi connectivity index (χ0n) is 9.96. The van der Waals surface area contributed by atoms with Crippen molar-refractivity contribution in [1.82, 2.24) is 4.98 Å². The van der Waals surface area contributed by atoms with Gasteiger partial charge in [-0.3, -0.25) is 0 Å². The van der Waals surface area contributed by atoms with Gasteiger partial charge in [-0.05, 0) is 53.2 Å². The number of pyridine rings is 1. The number of hydrogen-bond acceptors (Lipinski definition) is 2. The van der Waals surface area contributed by atoms with Crippen molar-refractivity contribution in [3.05, 3.63) is 22.3 Å². The minimum absolute atomic E-state index is 0.598. The predicted molar refractivity (Wildman–Crippen MR) is 71.7 cm³/mol. The van der Waals surface area contributed by atoms with E-state index < -0.39 is 0 Å². The molecule has 0 aliphatic heterocycles. The number of rotatable bonds is 2. The van der Waals surface area contributed by atoms with Crippen LogP contribution in [0.4, 0.5) is 5.82 Å². The van der Waals surface area contributed by atoms with E-state index >= 15 is 0 Å². The molecule has 2 unspecified atom stereocenters. The van der Waals surface area contributed by atoms with Crippen LogP contribution in [0.15, 0.2) is 16.7 Å². The zero-order valence-corrected chi connectivity index (χ0v) is 11.5. The molecule has 2 nitrogen and oxygen atoms in total. The normalized spacial score (nSPS) is 25.4. The number of aryl methyl sites for hydroxylation is 1. The number of nitrogens with one attached hydrogen (secondary N) is 1. The van der Waals surface area contributed by atoms with Gasteiger partial charge in [-0.15, -0.1) is 0 Å². The van der Waals surface area contributed by atoms with E-state index in [4.69, 9.17) is 0 Å². The average molecular weight is 283 g/mol. The van der Waals surface area contributed by atoms with Crippen molar-refractivity contribution in [3.8, 4) is 0 Å². The highest BCUT2D eigenvalue weighted by molar-refractivity contribution is 9.10. The van der Waals surface area contributed by atoms with E-state index in [1.807, 2.05) is 6.20 Å². The molecule has 1 N–H and O–H groups in total. The lowest BCUT2D eigenvalue weighted by atomic mass is 9.86. The van der Waals surface area contributed by atoms with Crippen LogP contribution in [-0.4, -0.2) is 11.0 Å². The summed E-state index contributed by atoms with van der Waals surface area (Å²) < 4.78 is 1.05. The number of anilines is 1. The fourth-order valence-corrected chi connectivity index (χ4v) is 2.84. The van der Waals surface area contributed by atoms with Gasteiger partial charge in [0.1, 0.15) is 5.82 Å². The molecule has 88 valence electrons. The SMILES string of the molecule is Cc1cc(Br)cnc1NC1CCCCC1C. The maximum Gasteiger partial charge on any atom is 0.129 e. The molecular formula is C13H19BrN2. The first-order valence-corrected chi connectivity index (χ1v) is 6.85. The van der Waals surface area contributed by atoms with E-state index in [1.54, 1.807) is 0 Å². The van der Waals surface area contributed by atoms with Crippen molar-refractivity contribution in [1.29, 1.82) is 0 Å². The summed E-state index contributed by atoms with van der Waals surface area (Å²) >= 11 is 3.44. The van der Waals surface area contributed by atoms with E-state index in [2.05, 4.69) is 46.1 Å². The molecule has 16 heavy (non-hydrogen) atoms. The largest absolute Gasteiger partial charge is 0.367 e. The lowest BCUT2D eigenvalue weighted by molar-refractivity contribution is 0.349. The Balaban J connectivity index is 2.07. The molecule has 0 spiro atoms. The molecule has 1 fully saturated rings. The van der Waals surface area contributed by atoms with Gasteiger partial charge in [-0.25, -0.2) is 4.98 Å². The highest BCUT2D eigenvalue weighted by atomic mass is 79.9. The van der Waals surface area contributed by atoms with Crippen LogP contribution in [0.2, 0.25) is 0 Å². The summed E-state index contributed by atoms with van der Waals surface area (Å²) in [6.45, 7) is 4.44. The second-order valence-corrected chi connectivity index (χ2v) is 5.75. The van der Waals surface area contributed by atoms with Gasteiger partial charge >= 0.3 is 0 Å². The van der Waals surface area contributed by atoms with E-state index in [-0.39, 0.29) is 0 Å². The van der Waals surface area contributed by atoms with Crippen LogP contribution in [0.3, 0.4) is 0 Å². The quantitative estimate of drug-likeness (QED) is 0.882. The van der Waals surface area contributed by atoms with Gasteiger partial charge in [-0.2, -0.15) is 0 Å². The van der Waals surface area contributed by atoms with E-state index in [1.165, 1.54) is 31.2 Å². The van der Waals surface area contributed by atoms with E-state index in [0.29, 0.717) is 6.04 Å². The third-order valence-corrected chi connectivity index (χ3v) is 3.91. The number of halogens is 1. The van der Waals surface area contributed by atoms with Gasteiger partial charge in [0, 0.05) is 16.7 Å². The van der Waals surface area contributed by atoms with Crippen LogP contribution in [-0.2, 0) is 0 Å². The Morgan fingerprint density at radius 1 is 1.38 bits per heavy atom. The first-order chi connectivity index (χ1) is 7.66. The van der Waals surface area contributed by atoms with Crippen molar-refractivity contribution in [3.63, 3.8) is 0 Å². The first kappa shape index (κ1) is 11.9. The summed E-state index contributed by atoms with van der Waals surface area (Å²) in [5.41, 5.74) is 1.21. The van der Waals surface area contributed by atoms with Crippen molar-refractivity contribution >= 4 is 21.7 Å². The highest BCUT2D eigenvalue weighted by Crippen LogP contribution is 2.27. The lowest BCUT2D eigenvalue weighted by Gasteiger charge is -2.30. The van der Waals surface area contributed by atoms with Gasteiger partial charge in [0.15, 0.2) is 0 Å². The molecule has 1 aromatic heterocycles. The monoisotopic (exact) mass is 282 g/mol. The smallest absolute Gasteiger partial charge is 0.129 e. The molecule has 2 rings (SSSR count). The lowest BCUT2D eigenvalue weighted by Crippen LogP contribution is -2.30. The fraction of sp³-hybridized carbons (Fsp3) is 0.615. The Hall–Kier alpha value is -0.570. The highest BCUT2D eigenvalue weighted by Gasteiger charge is 2.21. The second-order valence-electron chi connectivity index (χ2n) is 4.83. The number of nitrogens with zero attached hydrogens (tertiary/aromatic N) is 1. The summed E-state index contributed by atoms with van der Waals surface area (Å²) in [6, 6.07) is 2.71. The standard InChI is InChI=1S/C13H19BrN2/c1-9-5-3-4-6-12(9)16-13-10(2)7-11(14)8-15-13/h7-9,12H,3-6H2,1-2H3,(H,15,16). The van der Waals surface area contributed by atoms with Crippen LogP contribution in [0, 0.1) is 12.8 Å². The van der Waals surface area contributed by atoms with Gasteiger partial charge in [0.25, 0.3) is 0 Å². The van der Waals surface area contributed by atoms with Crippen LogP contribution in [0.1, 0.15) is 38.2 Å². The van der Waals surface area contributed by atoms with E-state index in [9.17, 15) is 0 Å². The van der Waals surface area contributed by atoms with Gasteiger partial charge in [0.05, 0.1) is 0 Å². The van der Waals surface area contributed by atoms with Crippen molar-refractivity contribution in [2.75, 3.05) is 5.32 Å².